The van der Waals surface area contributed by atoms with Gasteiger partial charge in [0.2, 0.25) is 11.7 Å². The monoisotopic (exact) mass is 392 g/mol. The van der Waals surface area contributed by atoms with Crippen molar-refractivity contribution in [3.63, 3.8) is 0 Å². The van der Waals surface area contributed by atoms with Crippen molar-refractivity contribution in [2.24, 2.45) is 0 Å². The number of carbonyl (C=O) groups is 1. The van der Waals surface area contributed by atoms with Crippen molar-refractivity contribution in [3.8, 4) is 22.7 Å². The van der Waals surface area contributed by atoms with Crippen molar-refractivity contribution >= 4 is 11.6 Å². The number of hydrogen-bond donors (Lipinski definition) is 0. The summed E-state index contributed by atoms with van der Waals surface area (Å²) in [6, 6.07) is 15.4. The molecule has 2 aromatic carbocycles. The van der Waals surface area contributed by atoms with E-state index in [0.717, 1.165) is 18.7 Å². The number of carbonyl (C=O) groups excluding carboxylic acids is 1. The quantitative estimate of drug-likeness (QED) is 0.500. The minimum absolute atomic E-state index is 0.0650. The largest absolute Gasteiger partial charge is 0.430 e. The molecular weight excluding hydrogens is 372 g/mol. The van der Waals surface area contributed by atoms with Crippen LogP contribution < -0.4 is 0 Å². The van der Waals surface area contributed by atoms with E-state index >= 15 is 0 Å². The Hall–Kier alpha value is -3.52. The van der Waals surface area contributed by atoms with Crippen LogP contribution in [0.15, 0.2) is 59.0 Å². The van der Waals surface area contributed by atoms with Crippen molar-refractivity contribution in [1.82, 2.24) is 14.8 Å². The van der Waals surface area contributed by atoms with Gasteiger partial charge in [0.1, 0.15) is 5.69 Å². The first-order chi connectivity index (χ1) is 14.0. The molecule has 8 nitrogen and oxygen atoms in total. The molecule has 1 fully saturated rings. The molecule has 0 aliphatic carbocycles. The summed E-state index contributed by atoms with van der Waals surface area (Å²) in [7, 11) is 2.01. The summed E-state index contributed by atoms with van der Waals surface area (Å²) < 4.78 is 5.91. The third kappa shape index (κ3) is 3.88. The molecule has 0 saturated carbocycles. The van der Waals surface area contributed by atoms with Gasteiger partial charge in [-0.25, -0.2) is 4.98 Å². The first-order valence-corrected chi connectivity index (χ1v) is 9.32. The van der Waals surface area contributed by atoms with Crippen molar-refractivity contribution in [3.05, 3.63) is 70.5 Å². The van der Waals surface area contributed by atoms with Crippen LogP contribution in [0.5, 0.6) is 0 Å². The molecular formula is C21H20N4O4. The number of nitrogens with zero attached hydrogens (tertiary/aromatic N) is 4. The van der Waals surface area contributed by atoms with E-state index in [1.807, 2.05) is 37.4 Å². The first-order valence-electron chi connectivity index (χ1n) is 9.32. The second kappa shape index (κ2) is 7.84. The minimum Gasteiger partial charge on any atom is -0.430 e. The minimum atomic E-state index is -0.469. The predicted octanol–water partition coefficient (Wildman–Crippen LogP) is 3.30. The van der Waals surface area contributed by atoms with E-state index < -0.39 is 4.92 Å². The van der Waals surface area contributed by atoms with Crippen molar-refractivity contribution in [2.45, 2.75) is 0 Å². The Labute approximate surface area is 167 Å². The molecule has 1 saturated heterocycles. The Kier molecular flexibility index (Phi) is 5.09. The molecule has 1 aliphatic rings. The maximum absolute atomic E-state index is 13.2. The number of rotatable bonds is 4. The van der Waals surface area contributed by atoms with Crippen LogP contribution in [-0.2, 0) is 0 Å². The lowest BCUT2D eigenvalue weighted by Gasteiger charge is -2.31. The molecule has 0 bridgehead atoms. The number of non-ortho nitro benzene ring substituents is 1. The summed E-state index contributed by atoms with van der Waals surface area (Å²) in [5, 5.41) is 11.2. The van der Waals surface area contributed by atoms with Crippen molar-refractivity contribution < 1.29 is 14.1 Å². The van der Waals surface area contributed by atoms with Crippen molar-refractivity contribution in [1.29, 1.82) is 0 Å². The highest BCUT2D eigenvalue weighted by Crippen LogP contribution is 2.31. The average molecular weight is 392 g/mol. The van der Waals surface area contributed by atoms with Crippen LogP contribution >= 0.6 is 0 Å². The van der Waals surface area contributed by atoms with Gasteiger partial charge in [-0.3, -0.25) is 14.9 Å². The van der Waals surface area contributed by atoms with Gasteiger partial charge in [0, 0.05) is 49.4 Å². The van der Waals surface area contributed by atoms with Gasteiger partial charge >= 0.3 is 0 Å². The Morgan fingerprint density at radius 3 is 2.41 bits per heavy atom. The van der Waals surface area contributed by atoms with E-state index in [0.29, 0.717) is 30.2 Å². The van der Waals surface area contributed by atoms with Crippen molar-refractivity contribution in [2.75, 3.05) is 33.2 Å². The van der Waals surface area contributed by atoms with E-state index in [-0.39, 0.29) is 17.4 Å². The lowest BCUT2D eigenvalue weighted by molar-refractivity contribution is -0.384. The number of hydrogen-bond acceptors (Lipinski definition) is 6. The van der Waals surface area contributed by atoms with E-state index in [2.05, 4.69) is 9.88 Å². The summed E-state index contributed by atoms with van der Waals surface area (Å²) in [6.07, 6.45) is 0. The fourth-order valence-corrected chi connectivity index (χ4v) is 3.28. The number of aromatic nitrogens is 1. The number of oxazole rings is 1. The Morgan fingerprint density at radius 2 is 1.72 bits per heavy atom. The number of likely N-dealkylation sites (N-methyl/N-ethyl adjacent to an activating group) is 1. The van der Waals surface area contributed by atoms with E-state index in [1.165, 1.54) is 12.1 Å². The fraction of sp³-hybridized carbons (Fsp3) is 0.238. The summed E-state index contributed by atoms with van der Waals surface area (Å²) in [6.45, 7) is 2.73. The molecule has 29 heavy (non-hydrogen) atoms. The number of nitro benzene ring substituents is 1. The van der Waals surface area contributed by atoms with Crippen LogP contribution in [0.2, 0.25) is 0 Å². The Bertz CT molecular complexity index is 1040. The molecule has 0 spiro atoms. The van der Waals surface area contributed by atoms with E-state index in [1.54, 1.807) is 17.0 Å². The van der Waals surface area contributed by atoms with Crippen LogP contribution in [0.25, 0.3) is 22.7 Å². The van der Waals surface area contributed by atoms with Gasteiger partial charge in [0.05, 0.1) is 4.92 Å². The molecule has 1 aromatic heterocycles. The predicted molar refractivity (Wildman–Crippen MR) is 107 cm³/mol. The number of nitro groups is 1. The maximum atomic E-state index is 13.2. The third-order valence-electron chi connectivity index (χ3n) is 4.96. The highest BCUT2D eigenvalue weighted by Gasteiger charge is 2.29. The summed E-state index contributed by atoms with van der Waals surface area (Å²) in [4.78, 5) is 32.3. The molecule has 3 aromatic rings. The number of piperazine rings is 1. The Morgan fingerprint density at radius 1 is 1.03 bits per heavy atom. The van der Waals surface area contributed by atoms with Gasteiger partial charge in [-0.15, -0.1) is 0 Å². The van der Waals surface area contributed by atoms with Crippen LogP contribution in [0.3, 0.4) is 0 Å². The lowest BCUT2D eigenvalue weighted by Crippen LogP contribution is -2.47. The molecule has 0 atom stereocenters. The molecule has 0 radical (unpaired) electrons. The molecule has 4 rings (SSSR count). The van der Waals surface area contributed by atoms with Crippen LogP contribution in [-0.4, -0.2) is 58.8 Å². The van der Waals surface area contributed by atoms with Gasteiger partial charge < -0.3 is 14.2 Å². The summed E-state index contributed by atoms with van der Waals surface area (Å²) in [5.41, 5.74) is 1.46. The average Bonchev–Trinajstić information content (AvgIpc) is 3.20. The van der Waals surface area contributed by atoms with Crippen LogP contribution in [0.1, 0.15) is 10.6 Å². The van der Waals surface area contributed by atoms with Crippen LogP contribution in [0, 0.1) is 10.1 Å². The van der Waals surface area contributed by atoms with Gasteiger partial charge in [-0.05, 0) is 19.2 Å². The summed E-state index contributed by atoms with van der Waals surface area (Å²) >= 11 is 0. The second-order valence-corrected chi connectivity index (χ2v) is 6.97. The standard InChI is InChI=1S/C21H20N4O4/c1-23-10-12-24(13-11-23)21(26)19-18(16-8-5-9-17(14-16)25(27)28)22-20(29-19)15-6-3-2-4-7-15/h2-9,14H,10-13H2,1H3. The zero-order valence-electron chi connectivity index (χ0n) is 15.9. The van der Waals surface area contributed by atoms with E-state index in [9.17, 15) is 14.9 Å². The number of amides is 1. The molecule has 0 N–H and O–H groups in total. The van der Waals surface area contributed by atoms with Gasteiger partial charge in [-0.1, -0.05) is 30.3 Å². The summed E-state index contributed by atoms with van der Waals surface area (Å²) in [5.74, 6) is 0.160. The fourth-order valence-electron chi connectivity index (χ4n) is 3.28. The highest BCUT2D eigenvalue weighted by molar-refractivity contribution is 5.98. The molecule has 8 heteroatoms. The van der Waals surface area contributed by atoms with Gasteiger partial charge in [0.25, 0.3) is 11.6 Å². The molecule has 2 heterocycles. The van der Waals surface area contributed by atoms with Gasteiger partial charge in [0.15, 0.2) is 0 Å². The second-order valence-electron chi connectivity index (χ2n) is 6.97. The number of benzene rings is 2. The first kappa shape index (κ1) is 18.8. The molecule has 1 aliphatic heterocycles. The Balaban J connectivity index is 1.78. The normalized spacial score (nSPS) is 14.7. The van der Waals surface area contributed by atoms with Gasteiger partial charge in [-0.2, -0.15) is 0 Å². The lowest BCUT2D eigenvalue weighted by atomic mass is 10.1. The third-order valence-corrected chi connectivity index (χ3v) is 4.96. The SMILES string of the molecule is CN1CCN(C(=O)c2oc(-c3ccccc3)nc2-c2cccc([N+](=O)[O-])c2)CC1. The maximum Gasteiger partial charge on any atom is 0.292 e. The smallest absolute Gasteiger partial charge is 0.292 e. The molecule has 148 valence electrons. The highest BCUT2D eigenvalue weighted by atomic mass is 16.6. The molecule has 0 unspecified atom stereocenters. The van der Waals surface area contributed by atoms with Crippen LogP contribution in [0.4, 0.5) is 5.69 Å². The zero-order valence-corrected chi connectivity index (χ0v) is 15.9. The van der Waals surface area contributed by atoms with E-state index in [4.69, 9.17) is 4.42 Å². The zero-order chi connectivity index (χ0) is 20.4. The topological polar surface area (TPSA) is 92.7 Å². The molecule has 1 amide bonds.